The maximum atomic E-state index is 13.4. The van der Waals surface area contributed by atoms with Gasteiger partial charge in [-0.25, -0.2) is 4.98 Å². The summed E-state index contributed by atoms with van der Waals surface area (Å²) in [5.74, 6) is 1.71. The van der Waals surface area contributed by atoms with Crippen molar-refractivity contribution in [3.8, 4) is 11.3 Å². The molecular weight excluding hydrogens is 502 g/mol. The number of ether oxygens (including phenoxy) is 1. The molecule has 0 saturated carbocycles. The summed E-state index contributed by atoms with van der Waals surface area (Å²) in [5, 5.41) is 0.661. The smallest absolute Gasteiger partial charge is 0.261 e. The highest BCUT2D eigenvalue weighted by Gasteiger charge is 2.32. The van der Waals surface area contributed by atoms with E-state index in [0.29, 0.717) is 17.2 Å². The van der Waals surface area contributed by atoms with Crippen molar-refractivity contribution in [2.24, 2.45) is 0 Å². The number of carbonyl (C=O) groups is 1. The molecule has 2 aliphatic heterocycles. The van der Waals surface area contributed by atoms with Crippen molar-refractivity contribution in [2.45, 2.75) is 64.5 Å². The first-order chi connectivity index (χ1) is 18.5. The number of unbranched alkanes of at least 4 members (excludes halogenated alkanes) is 2. The molecule has 204 valence electrons. The van der Waals surface area contributed by atoms with Gasteiger partial charge in [-0.2, -0.15) is 0 Å². The predicted octanol–water partition coefficient (Wildman–Crippen LogP) is 4.66. The zero-order chi connectivity index (χ0) is 26.5. The fourth-order valence-electron chi connectivity index (χ4n) is 5.66. The number of ketones is 1. The molecule has 4 heterocycles. The molecule has 9 heteroatoms. The van der Waals surface area contributed by atoms with Crippen LogP contribution < -0.4 is 10.5 Å². The lowest BCUT2D eigenvalue weighted by Crippen LogP contribution is -2.40. The molecule has 38 heavy (non-hydrogen) atoms. The van der Waals surface area contributed by atoms with Gasteiger partial charge < -0.3 is 9.64 Å². The van der Waals surface area contributed by atoms with Gasteiger partial charge in [0.15, 0.2) is 5.78 Å². The van der Waals surface area contributed by atoms with Crippen LogP contribution in [0.15, 0.2) is 41.3 Å². The summed E-state index contributed by atoms with van der Waals surface area (Å²) in [4.78, 5) is 36.2. The normalized spacial score (nSPS) is 18.5. The van der Waals surface area contributed by atoms with E-state index in [-0.39, 0.29) is 17.4 Å². The minimum atomic E-state index is -0.190. The number of morpholine rings is 1. The third-order valence-electron chi connectivity index (χ3n) is 7.74. The molecule has 2 aromatic heterocycles. The lowest BCUT2D eigenvalue weighted by Gasteiger charge is -2.29. The summed E-state index contributed by atoms with van der Waals surface area (Å²) in [6.07, 6.45) is 8.17. The number of aryl methyl sites for hydroxylation is 1. The molecule has 1 aromatic carbocycles. The van der Waals surface area contributed by atoms with Gasteiger partial charge >= 0.3 is 0 Å². The molecule has 0 bridgehead atoms. The average molecular weight is 540 g/mol. The van der Waals surface area contributed by atoms with E-state index >= 15 is 0 Å². The lowest BCUT2D eigenvalue weighted by atomic mass is 10.1. The Morgan fingerprint density at radius 2 is 1.87 bits per heavy atom. The van der Waals surface area contributed by atoms with E-state index in [4.69, 9.17) is 21.3 Å². The summed E-state index contributed by atoms with van der Waals surface area (Å²) in [5.41, 5.74) is 1.52. The number of halogens is 1. The van der Waals surface area contributed by atoms with Gasteiger partial charge in [0.25, 0.3) is 5.56 Å². The number of anilines is 1. The Kier molecular flexibility index (Phi) is 8.82. The maximum absolute atomic E-state index is 13.4. The standard InChI is InChI=1S/C29H38ClN5O3/c1-2-3-4-14-34-27(20-28(37)35-21-24(31-29(34)35)22-9-11-23(30)12-10-22)33-15-5-7-25(33)26(36)8-6-13-32-16-18-38-19-17-32/h9-12,20-21,25H,2-8,13-19H2,1H3/t25-/m0/s1. The van der Waals surface area contributed by atoms with Crippen LogP contribution >= 0.6 is 11.6 Å². The monoisotopic (exact) mass is 539 g/mol. The van der Waals surface area contributed by atoms with Crippen LogP contribution in [0.25, 0.3) is 17.0 Å². The van der Waals surface area contributed by atoms with Gasteiger partial charge in [0.1, 0.15) is 5.82 Å². The van der Waals surface area contributed by atoms with Crippen molar-refractivity contribution in [2.75, 3.05) is 44.3 Å². The van der Waals surface area contributed by atoms with E-state index < -0.39 is 0 Å². The molecule has 5 rings (SSSR count). The zero-order valence-corrected chi connectivity index (χ0v) is 23.0. The van der Waals surface area contributed by atoms with Crippen molar-refractivity contribution in [1.82, 2.24) is 18.9 Å². The second-order valence-electron chi connectivity index (χ2n) is 10.4. The topological polar surface area (TPSA) is 72.1 Å². The molecular formula is C29H38ClN5O3. The fourth-order valence-corrected chi connectivity index (χ4v) is 5.79. The van der Waals surface area contributed by atoms with Crippen LogP contribution in [0.4, 0.5) is 5.82 Å². The van der Waals surface area contributed by atoms with E-state index in [1.54, 1.807) is 16.7 Å². The molecule has 3 aromatic rings. The Balaban J connectivity index is 1.42. The Morgan fingerprint density at radius 3 is 2.63 bits per heavy atom. The van der Waals surface area contributed by atoms with Gasteiger partial charge in [0.2, 0.25) is 5.78 Å². The molecule has 0 unspecified atom stereocenters. The fraction of sp³-hybridized carbons (Fsp3) is 0.552. The minimum Gasteiger partial charge on any atom is -0.379 e. The molecule has 8 nitrogen and oxygen atoms in total. The molecule has 1 atom stereocenters. The van der Waals surface area contributed by atoms with Crippen LogP contribution in [0.2, 0.25) is 5.02 Å². The number of hydrogen-bond donors (Lipinski definition) is 0. The Bertz CT molecular complexity index is 1300. The zero-order valence-electron chi connectivity index (χ0n) is 22.3. The first-order valence-corrected chi connectivity index (χ1v) is 14.4. The quantitative estimate of drug-likeness (QED) is 0.330. The van der Waals surface area contributed by atoms with Gasteiger partial charge in [0.05, 0.1) is 24.9 Å². The summed E-state index contributed by atoms with van der Waals surface area (Å²) < 4.78 is 9.22. The van der Waals surface area contributed by atoms with E-state index in [1.165, 1.54) is 0 Å². The average Bonchev–Trinajstić information content (AvgIpc) is 3.59. The van der Waals surface area contributed by atoms with Crippen LogP contribution in [0.1, 0.15) is 51.9 Å². The van der Waals surface area contributed by atoms with Crippen LogP contribution in [0, 0.1) is 0 Å². The number of fused-ring (bicyclic) bond motifs is 1. The second kappa shape index (κ2) is 12.5. The first kappa shape index (κ1) is 26.9. The molecule has 0 amide bonds. The van der Waals surface area contributed by atoms with Crippen LogP contribution in [-0.4, -0.2) is 70.1 Å². The third kappa shape index (κ3) is 5.98. The molecule has 2 fully saturated rings. The Morgan fingerprint density at radius 1 is 1.08 bits per heavy atom. The van der Waals surface area contributed by atoms with Crippen LogP contribution in [0.3, 0.4) is 0 Å². The van der Waals surface area contributed by atoms with Gasteiger partial charge in [-0.3, -0.25) is 23.5 Å². The summed E-state index contributed by atoms with van der Waals surface area (Å²) in [6, 6.07) is 9.01. The van der Waals surface area contributed by atoms with Crippen molar-refractivity contribution in [3.63, 3.8) is 0 Å². The number of nitrogens with zero attached hydrogens (tertiary/aromatic N) is 5. The number of carbonyl (C=O) groups excluding carboxylic acids is 1. The van der Waals surface area contributed by atoms with Crippen molar-refractivity contribution in [1.29, 1.82) is 0 Å². The highest BCUT2D eigenvalue weighted by molar-refractivity contribution is 6.30. The second-order valence-corrected chi connectivity index (χ2v) is 10.8. The molecule has 0 N–H and O–H groups in total. The van der Waals surface area contributed by atoms with Crippen LogP contribution in [0.5, 0.6) is 0 Å². The maximum Gasteiger partial charge on any atom is 0.261 e. The largest absolute Gasteiger partial charge is 0.379 e. The summed E-state index contributed by atoms with van der Waals surface area (Å²) in [7, 11) is 0. The number of rotatable bonds is 11. The van der Waals surface area contributed by atoms with Crippen molar-refractivity contribution < 1.29 is 9.53 Å². The highest BCUT2D eigenvalue weighted by Crippen LogP contribution is 2.29. The van der Waals surface area contributed by atoms with Crippen molar-refractivity contribution in [3.05, 3.63) is 51.9 Å². The molecule has 2 aliphatic rings. The van der Waals surface area contributed by atoms with E-state index in [2.05, 4.69) is 21.3 Å². The Labute approximate surface area is 229 Å². The highest BCUT2D eigenvalue weighted by atomic mass is 35.5. The number of benzene rings is 1. The number of imidazole rings is 1. The van der Waals surface area contributed by atoms with E-state index in [1.807, 2.05) is 24.3 Å². The summed E-state index contributed by atoms with van der Waals surface area (Å²) in [6.45, 7) is 8.06. The first-order valence-electron chi connectivity index (χ1n) is 14.0. The van der Waals surface area contributed by atoms with Gasteiger partial charge in [-0.1, -0.05) is 43.5 Å². The minimum absolute atomic E-state index is 0.125. The SMILES string of the molecule is CCCCCn1c(N2CCC[C@H]2C(=O)CCCN2CCOCC2)cc(=O)n2cc(-c3ccc(Cl)cc3)nc12. The number of aromatic nitrogens is 3. The number of hydrogen-bond acceptors (Lipinski definition) is 6. The predicted molar refractivity (Wildman–Crippen MR) is 151 cm³/mol. The lowest BCUT2D eigenvalue weighted by molar-refractivity contribution is -0.120. The van der Waals surface area contributed by atoms with E-state index in [0.717, 1.165) is 102 Å². The summed E-state index contributed by atoms with van der Waals surface area (Å²) >= 11 is 6.08. The molecule has 0 radical (unpaired) electrons. The van der Waals surface area contributed by atoms with Crippen LogP contribution in [-0.2, 0) is 16.1 Å². The third-order valence-corrected chi connectivity index (χ3v) is 7.99. The van der Waals surface area contributed by atoms with E-state index in [9.17, 15) is 9.59 Å². The van der Waals surface area contributed by atoms with Gasteiger partial charge in [0, 0.05) is 55.4 Å². The number of Topliss-reactive ketones (excluding diaryl/α,β-unsaturated/α-hetero) is 1. The Hall–Kier alpha value is -2.68. The molecule has 2 saturated heterocycles. The van der Waals surface area contributed by atoms with Gasteiger partial charge in [-0.05, 0) is 44.4 Å². The molecule has 0 aliphatic carbocycles. The van der Waals surface area contributed by atoms with Crippen molar-refractivity contribution >= 4 is 29.0 Å². The van der Waals surface area contributed by atoms with Gasteiger partial charge in [-0.15, -0.1) is 0 Å². The molecule has 0 spiro atoms.